The van der Waals surface area contributed by atoms with E-state index in [0.29, 0.717) is 23.1 Å². The number of carbonyl (C=O) groups is 2. The van der Waals surface area contributed by atoms with Crippen LogP contribution in [0.4, 0.5) is 5.00 Å². The van der Waals surface area contributed by atoms with Crippen molar-refractivity contribution >= 4 is 45.5 Å². The third-order valence-corrected chi connectivity index (χ3v) is 7.04. The van der Waals surface area contributed by atoms with Gasteiger partial charge in [0.25, 0.3) is 0 Å². The number of aryl methyl sites for hydroxylation is 1. The van der Waals surface area contributed by atoms with Crippen LogP contribution in [-0.2, 0) is 28.8 Å². The monoisotopic (exact) mass is 472 g/mol. The van der Waals surface area contributed by atoms with Crippen molar-refractivity contribution < 1.29 is 14.3 Å². The fraction of sp³-hybridized carbons (Fsp3) is 0.480. The topological polar surface area (TPSA) is 67.4 Å². The fourth-order valence-corrected chi connectivity index (χ4v) is 5.54. The number of fused-ring (bicyclic) bond motifs is 1. The second-order valence-electron chi connectivity index (χ2n) is 8.64. The molecule has 32 heavy (non-hydrogen) atoms. The summed E-state index contributed by atoms with van der Waals surface area (Å²) in [7, 11) is 0. The van der Waals surface area contributed by atoms with Crippen LogP contribution in [0.2, 0.25) is 0 Å². The first-order valence-corrected chi connectivity index (χ1v) is 12.5. The number of hydrogen-bond acceptors (Lipinski definition) is 5. The minimum absolute atomic E-state index is 0.182. The number of benzene rings is 1. The van der Waals surface area contributed by atoms with Gasteiger partial charge >= 0.3 is 5.97 Å². The summed E-state index contributed by atoms with van der Waals surface area (Å²) in [5, 5.41) is 6.74. The summed E-state index contributed by atoms with van der Waals surface area (Å²) in [5.41, 5.74) is 3.83. The van der Waals surface area contributed by atoms with Crippen LogP contribution in [0, 0.1) is 5.92 Å². The molecule has 1 aromatic carbocycles. The van der Waals surface area contributed by atoms with Gasteiger partial charge in [-0.05, 0) is 80.8 Å². The minimum atomic E-state index is -0.344. The zero-order chi connectivity index (χ0) is 23.3. The Labute approximate surface area is 199 Å². The lowest BCUT2D eigenvalue weighted by Gasteiger charge is -2.15. The number of thiophene rings is 1. The molecule has 1 atom stereocenters. The number of ether oxygens (including phenoxy) is 1. The van der Waals surface area contributed by atoms with Crippen LogP contribution in [0.5, 0.6) is 0 Å². The molecule has 1 amide bonds. The molecule has 7 heteroatoms. The lowest BCUT2D eigenvalue weighted by atomic mass is 9.95. The van der Waals surface area contributed by atoms with Crippen LogP contribution in [0.1, 0.15) is 78.4 Å². The average molecular weight is 473 g/mol. The third-order valence-electron chi connectivity index (χ3n) is 5.63. The summed E-state index contributed by atoms with van der Waals surface area (Å²) in [4.78, 5) is 26.6. The van der Waals surface area contributed by atoms with E-state index in [2.05, 4.69) is 36.6 Å². The summed E-state index contributed by atoms with van der Waals surface area (Å²) >= 11 is 6.94. The Morgan fingerprint density at radius 2 is 1.81 bits per heavy atom. The molecule has 1 aliphatic carbocycles. The van der Waals surface area contributed by atoms with Gasteiger partial charge in [0, 0.05) is 4.88 Å². The van der Waals surface area contributed by atoms with Crippen molar-refractivity contribution in [3.63, 3.8) is 0 Å². The summed E-state index contributed by atoms with van der Waals surface area (Å²) < 4.78 is 5.28. The number of esters is 1. The number of rotatable bonds is 7. The molecule has 3 rings (SSSR count). The average Bonchev–Trinajstić information content (AvgIpc) is 3.11. The normalized spacial score (nSPS) is 13.9. The van der Waals surface area contributed by atoms with Gasteiger partial charge in [0.2, 0.25) is 5.91 Å². The van der Waals surface area contributed by atoms with Gasteiger partial charge in [-0.25, -0.2) is 4.79 Å². The van der Waals surface area contributed by atoms with E-state index in [1.165, 1.54) is 21.8 Å². The van der Waals surface area contributed by atoms with Crippen molar-refractivity contribution in [1.82, 2.24) is 5.32 Å². The smallest absolute Gasteiger partial charge is 0.341 e. The molecule has 0 saturated carbocycles. The Bertz CT molecular complexity index is 980. The van der Waals surface area contributed by atoms with Crippen LogP contribution >= 0.6 is 23.6 Å². The van der Waals surface area contributed by atoms with Gasteiger partial charge in [0.1, 0.15) is 5.00 Å². The number of amides is 1. The molecule has 5 nitrogen and oxygen atoms in total. The molecule has 1 unspecified atom stereocenters. The zero-order valence-corrected chi connectivity index (χ0v) is 20.9. The minimum Gasteiger partial charge on any atom is -0.462 e. The van der Waals surface area contributed by atoms with Crippen molar-refractivity contribution in [2.75, 3.05) is 11.9 Å². The highest BCUT2D eigenvalue weighted by molar-refractivity contribution is 7.80. The van der Waals surface area contributed by atoms with E-state index in [1.807, 2.05) is 19.1 Å². The molecular formula is C25H32N2O3S2. The standard InChI is InChI=1S/C25H32N2O3S2/c1-5-30-24(29)21-19-8-6-7-9-20(19)32-23(21)27-25(31)26-22(28)16(4)18-12-10-17(11-13-18)14-15(2)3/h10-13,15-16H,5-9,14H2,1-4H3,(H2,26,27,28,31). The van der Waals surface area contributed by atoms with Crippen LogP contribution in [0.15, 0.2) is 24.3 Å². The molecule has 1 aliphatic rings. The second-order valence-corrected chi connectivity index (χ2v) is 10.2. The molecule has 0 aliphatic heterocycles. The van der Waals surface area contributed by atoms with Crippen LogP contribution in [-0.4, -0.2) is 23.6 Å². The SMILES string of the molecule is CCOC(=O)c1c(NC(=S)NC(=O)C(C)c2ccc(CC(C)C)cc2)sc2c1CCCC2. The maximum atomic E-state index is 12.8. The quantitative estimate of drug-likeness (QED) is 0.404. The van der Waals surface area contributed by atoms with E-state index in [0.717, 1.165) is 43.2 Å². The van der Waals surface area contributed by atoms with Gasteiger partial charge in [-0.1, -0.05) is 38.1 Å². The van der Waals surface area contributed by atoms with Crippen molar-refractivity contribution in [3.05, 3.63) is 51.4 Å². The molecule has 0 radical (unpaired) electrons. The highest BCUT2D eigenvalue weighted by Gasteiger charge is 2.27. The van der Waals surface area contributed by atoms with Gasteiger partial charge in [-0.15, -0.1) is 11.3 Å². The Hall–Kier alpha value is -2.25. The van der Waals surface area contributed by atoms with E-state index >= 15 is 0 Å². The molecule has 0 saturated heterocycles. The van der Waals surface area contributed by atoms with E-state index in [1.54, 1.807) is 6.92 Å². The van der Waals surface area contributed by atoms with Gasteiger partial charge in [0.15, 0.2) is 5.11 Å². The predicted molar refractivity (Wildman–Crippen MR) is 135 cm³/mol. The van der Waals surface area contributed by atoms with Crippen LogP contribution in [0.3, 0.4) is 0 Å². The molecule has 0 bridgehead atoms. The maximum Gasteiger partial charge on any atom is 0.341 e. The summed E-state index contributed by atoms with van der Waals surface area (Å²) in [6, 6.07) is 8.17. The number of carbonyl (C=O) groups excluding carboxylic acids is 2. The maximum absolute atomic E-state index is 12.8. The Morgan fingerprint density at radius 3 is 2.47 bits per heavy atom. The first-order chi connectivity index (χ1) is 15.3. The fourth-order valence-electron chi connectivity index (χ4n) is 3.99. The molecule has 2 N–H and O–H groups in total. The number of thiocarbonyl (C=S) groups is 1. The first kappa shape index (κ1) is 24.4. The van der Waals surface area contributed by atoms with Crippen LogP contribution < -0.4 is 10.6 Å². The summed E-state index contributed by atoms with van der Waals surface area (Å²) in [5.74, 6) is -0.271. The molecular weight excluding hydrogens is 440 g/mol. The van der Waals surface area contributed by atoms with Gasteiger partial charge in [-0.3, -0.25) is 4.79 Å². The van der Waals surface area contributed by atoms with Gasteiger partial charge < -0.3 is 15.4 Å². The van der Waals surface area contributed by atoms with Gasteiger partial charge in [0.05, 0.1) is 18.1 Å². The molecule has 1 heterocycles. The van der Waals surface area contributed by atoms with Crippen molar-refractivity contribution in [2.45, 2.75) is 65.7 Å². The number of anilines is 1. The van der Waals surface area contributed by atoms with Crippen molar-refractivity contribution in [3.8, 4) is 0 Å². The Kier molecular flexibility index (Phi) is 8.43. The highest BCUT2D eigenvalue weighted by atomic mass is 32.1. The van der Waals surface area contributed by atoms with E-state index < -0.39 is 0 Å². The first-order valence-electron chi connectivity index (χ1n) is 11.3. The van der Waals surface area contributed by atoms with E-state index in [4.69, 9.17) is 17.0 Å². The molecule has 1 aromatic heterocycles. The Morgan fingerprint density at radius 1 is 1.12 bits per heavy atom. The summed E-state index contributed by atoms with van der Waals surface area (Å²) in [6.07, 6.45) is 5.01. The van der Waals surface area contributed by atoms with E-state index in [9.17, 15) is 9.59 Å². The molecule has 2 aromatic rings. The molecule has 0 fully saturated rings. The lowest BCUT2D eigenvalue weighted by molar-refractivity contribution is -0.120. The van der Waals surface area contributed by atoms with E-state index in [-0.39, 0.29) is 22.9 Å². The third kappa shape index (κ3) is 5.95. The van der Waals surface area contributed by atoms with Crippen molar-refractivity contribution in [1.29, 1.82) is 0 Å². The molecule has 0 spiro atoms. The largest absolute Gasteiger partial charge is 0.462 e. The van der Waals surface area contributed by atoms with Gasteiger partial charge in [-0.2, -0.15) is 0 Å². The summed E-state index contributed by atoms with van der Waals surface area (Å²) in [6.45, 7) is 8.36. The highest BCUT2D eigenvalue weighted by Crippen LogP contribution is 2.38. The Balaban J connectivity index is 1.68. The zero-order valence-electron chi connectivity index (χ0n) is 19.2. The van der Waals surface area contributed by atoms with Crippen LogP contribution in [0.25, 0.3) is 0 Å². The second kappa shape index (κ2) is 11.1. The lowest BCUT2D eigenvalue weighted by Crippen LogP contribution is -2.36. The number of hydrogen-bond donors (Lipinski definition) is 2. The molecule has 172 valence electrons. The predicted octanol–water partition coefficient (Wildman–Crippen LogP) is 5.62. The number of nitrogens with one attached hydrogen (secondary N) is 2. The van der Waals surface area contributed by atoms with Crippen molar-refractivity contribution in [2.24, 2.45) is 5.92 Å².